The minimum Gasteiger partial charge on any atom is -0.469 e. The van der Waals surface area contributed by atoms with Crippen molar-refractivity contribution in [2.24, 2.45) is 0 Å². The van der Waals surface area contributed by atoms with Crippen molar-refractivity contribution in [2.45, 2.75) is 13.2 Å². The van der Waals surface area contributed by atoms with Gasteiger partial charge in [-0.25, -0.2) is 0 Å². The number of ether oxygens (including phenoxy) is 1. The zero-order chi connectivity index (χ0) is 10.2. The van der Waals surface area contributed by atoms with Crippen LogP contribution in [0, 0.1) is 0 Å². The fourth-order valence-corrected chi connectivity index (χ4v) is 0.660. The van der Waals surface area contributed by atoms with Crippen LogP contribution in [0.4, 0.5) is 0 Å². The van der Waals surface area contributed by atoms with Crippen LogP contribution in [-0.4, -0.2) is 6.29 Å². The lowest BCUT2D eigenvalue weighted by atomic mass is 10.6. The van der Waals surface area contributed by atoms with Crippen molar-refractivity contribution in [3.05, 3.63) is 43.4 Å². The van der Waals surface area contributed by atoms with Crippen molar-refractivity contribution in [3.63, 3.8) is 0 Å². The van der Waals surface area contributed by atoms with Gasteiger partial charge in [-0.05, 0) is 12.1 Å². The van der Waals surface area contributed by atoms with Crippen LogP contribution in [0.5, 0.6) is 5.95 Å². The van der Waals surface area contributed by atoms with Crippen molar-refractivity contribution >= 4 is 0 Å². The van der Waals surface area contributed by atoms with Crippen molar-refractivity contribution in [1.82, 2.24) is 0 Å². The van der Waals surface area contributed by atoms with E-state index in [2.05, 4.69) is 6.58 Å². The molecule has 4 nitrogen and oxygen atoms in total. The molecule has 0 aliphatic rings. The van der Waals surface area contributed by atoms with Crippen molar-refractivity contribution < 1.29 is 18.9 Å². The average Bonchev–Trinajstić information content (AvgIpc) is 2.68. The summed E-state index contributed by atoms with van der Waals surface area (Å²) in [5.74, 6) is 0.285. The zero-order valence-electron chi connectivity index (χ0n) is 7.88. The molecule has 0 amide bonds. The molecule has 76 valence electrons. The van der Waals surface area contributed by atoms with Crippen LogP contribution in [0.25, 0.3) is 0 Å². The molecular formula is C10H12O4. The second-order valence-corrected chi connectivity index (χ2v) is 2.38. The number of hydrogen-bond donors (Lipinski definition) is 0. The van der Waals surface area contributed by atoms with Gasteiger partial charge in [-0.2, -0.15) is 0 Å². The SMILES string of the molecule is C=C/C=C\OC(C)OOc1ccco1. The summed E-state index contributed by atoms with van der Waals surface area (Å²) in [7, 11) is 0. The van der Waals surface area contributed by atoms with Crippen LogP contribution in [0.2, 0.25) is 0 Å². The Morgan fingerprint density at radius 1 is 1.57 bits per heavy atom. The van der Waals surface area contributed by atoms with Crippen LogP contribution in [0.15, 0.2) is 47.8 Å². The maximum Gasteiger partial charge on any atom is 0.322 e. The van der Waals surface area contributed by atoms with Gasteiger partial charge in [0.25, 0.3) is 0 Å². The lowest BCUT2D eigenvalue weighted by Crippen LogP contribution is -2.12. The maximum absolute atomic E-state index is 5.04. The topological polar surface area (TPSA) is 40.8 Å². The number of hydrogen-bond acceptors (Lipinski definition) is 4. The molecule has 0 spiro atoms. The summed E-state index contributed by atoms with van der Waals surface area (Å²) in [6, 6.07) is 3.33. The van der Waals surface area contributed by atoms with E-state index in [1.54, 1.807) is 31.2 Å². The Bertz CT molecular complexity index is 276. The second-order valence-electron chi connectivity index (χ2n) is 2.38. The Morgan fingerprint density at radius 3 is 3.07 bits per heavy atom. The maximum atomic E-state index is 5.04. The molecule has 0 aliphatic heterocycles. The van der Waals surface area contributed by atoms with Crippen LogP contribution < -0.4 is 4.89 Å². The molecule has 1 rings (SSSR count). The molecule has 1 unspecified atom stereocenters. The summed E-state index contributed by atoms with van der Waals surface area (Å²) in [6.45, 7) is 5.18. The summed E-state index contributed by atoms with van der Waals surface area (Å²) in [4.78, 5) is 9.62. The normalized spacial score (nSPS) is 12.6. The fourth-order valence-electron chi connectivity index (χ4n) is 0.660. The number of rotatable bonds is 6. The lowest BCUT2D eigenvalue weighted by molar-refractivity contribution is -0.307. The summed E-state index contributed by atoms with van der Waals surface area (Å²) >= 11 is 0. The highest BCUT2D eigenvalue weighted by atomic mass is 17.2. The van der Waals surface area contributed by atoms with Gasteiger partial charge < -0.3 is 9.15 Å². The molecule has 0 aromatic carbocycles. The zero-order valence-corrected chi connectivity index (χ0v) is 7.88. The Kier molecular flexibility index (Phi) is 4.37. The summed E-state index contributed by atoms with van der Waals surface area (Å²) < 4.78 is 9.91. The number of allylic oxidation sites excluding steroid dienone is 2. The van der Waals surface area contributed by atoms with Crippen molar-refractivity contribution in [1.29, 1.82) is 0 Å². The van der Waals surface area contributed by atoms with Gasteiger partial charge in [0.15, 0.2) is 0 Å². The minimum atomic E-state index is -0.517. The van der Waals surface area contributed by atoms with E-state index >= 15 is 0 Å². The minimum absolute atomic E-state index is 0.285. The van der Waals surface area contributed by atoms with Gasteiger partial charge in [-0.15, -0.1) is 4.89 Å². The molecule has 1 heterocycles. The first-order valence-corrected chi connectivity index (χ1v) is 4.13. The standard InChI is InChI=1S/C10H12O4/c1-3-4-7-11-9(2)13-14-10-6-5-8-12-10/h3-9H,1H2,2H3/b7-4-. The van der Waals surface area contributed by atoms with E-state index < -0.39 is 6.29 Å². The van der Waals surface area contributed by atoms with E-state index in [-0.39, 0.29) is 5.95 Å². The van der Waals surface area contributed by atoms with Gasteiger partial charge in [0, 0.05) is 13.0 Å². The monoisotopic (exact) mass is 196 g/mol. The Hall–Kier alpha value is -1.68. The molecule has 0 fully saturated rings. The van der Waals surface area contributed by atoms with E-state index in [4.69, 9.17) is 18.9 Å². The highest BCUT2D eigenvalue weighted by Crippen LogP contribution is 2.11. The Labute approximate surface area is 82.3 Å². The van der Waals surface area contributed by atoms with E-state index in [9.17, 15) is 0 Å². The molecule has 0 saturated heterocycles. The molecule has 0 N–H and O–H groups in total. The molecule has 1 atom stereocenters. The van der Waals surface area contributed by atoms with E-state index in [1.165, 1.54) is 12.5 Å². The Morgan fingerprint density at radius 2 is 2.43 bits per heavy atom. The molecular weight excluding hydrogens is 184 g/mol. The van der Waals surface area contributed by atoms with Crippen LogP contribution >= 0.6 is 0 Å². The third-order valence-electron chi connectivity index (χ3n) is 1.25. The summed E-state index contributed by atoms with van der Waals surface area (Å²) in [5.41, 5.74) is 0. The summed E-state index contributed by atoms with van der Waals surface area (Å²) in [6.07, 6.45) is 5.68. The lowest BCUT2D eigenvalue weighted by Gasteiger charge is -2.09. The van der Waals surface area contributed by atoms with E-state index in [0.29, 0.717) is 0 Å². The fraction of sp³-hybridized carbons (Fsp3) is 0.200. The summed E-state index contributed by atoms with van der Waals surface area (Å²) in [5, 5.41) is 0. The van der Waals surface area contributed by atoms with E-state index in [0.717, 1.165) is 0 Å². The number of furan rings is 1. The van der Waals surface area contributed by atoms with Gasteiger partial charge in [0.05, 0.1) is 12.5 Å². The predicted molar refractivity (Wildman–Crippen MR) is 50.3 cm³/mol. The molecule has 0 bridgehead atoms. The molecule has 0 saturated carbocycles. The first kappa shape index (κ1) is 10.4. The van der Waals surface area contributed by atoms with Gasteiger partial charge in [-0.1, -0.05) is 12.7 Å². The quantitative estimate of drug-likeness (QED) is 0.230. The van der Waals surface area contributed by atoms with Crippen LogP contribution in [0.3, 0.4) is 0 Å². The first-order chi connectivity index (χ1) is 6.83. The molecule has 0 radical (unpaired) electrons. The van der Waals surface area contributed by atoms with Gasteiger partial charge >= 0.3 is 5.95 Å². The van der Waals surface area contributed by atoms with E-state index in [1.807, 2.05) is 0 Å². The van der Waals surface area contributed by atoms with Crippen molar-refractivity contribution in [2.75, 3.05) is 0 Å². The van der Waals surface area contributed by atoms with Gasteiger partial charge in [-0.3, -0.25) is 4.89 Å². The smallest absolute Gasteiger partial charge is 0.322 e. The third-order valence-corrected chi connectivity index (χ3v) is 1.25. The molecule has 4 heteroatoms. The highest BCUT2D eigenvalue weighted by Gasteiger charge is 2.03. The molecule has 0 aliphatic carbocycles. The molecule has 1 aromatic heterocycles. The van der Waals surface area contributed by atoms with Gasteiger partial charge in [0.2, 0.25) is 6.29 Å². The average molecular weight is 196 g/mol. The third kappa shape index (κ3) is 3.82. The second kappa shape index (κ2) is 5.88. The van der Waals surface area contributed by atoms with Crippen molar-refractivity contribution in [3.8, 4) is 5.95 Å². The van der Waals surface area contributed by atoms with Crippen LogP contribution in [0.1, 0.15) is 6.92 Å². The Balaban J connectivity index is 2.18. The highest BCUT2D eigenvalue weighted by molar-refractivity contribution is 5.02. The molecule has 14 heavy (non-hydrogen) atoms. The predicted octanol–water partition coefficient (Wildman–Crippen LogP) is 2.65. The van der Waals surface area contributed by atoms with Crippen LogP contribution in [-0.2, 0) is 9.62 Å². The molecule has 1 aromatic rings. The first-order valence-electron chi connectivity index (χ1n) is 4.13. The largest absolute Gasteiger partial charge is 0.469 e. The van der Waals surface area contributed by atoms with Gasteiger partial charge in [0.1, 0.15) is 0 Å².